The Morgan fingerprint density at radius 3 is 2.62 bits per heavy atom. The lowest BCUT2D eigenvalue weighted by Crippen LogP contribution is -2.33. The van der Waals surface area contributed by atoms with Crippen molar-refractivity contribution < 1.29 is 13.9 Å². The molecule has 0 fully saturated rings. The average molecular weight is 345 g/mol. The maximum absolute atomic E-state index is 13.3. The third-order valence-electron chi connectivity index (χ3n) is 4.39. The molecule has 3 aromatic rings. The van der Waals surface area contributed by atoms with E-state index in [2.05, 4.69) is 0 Å². The van der Waals surface area contributed by atoms with Gasteiger partial charge in [-0.25, -0.2) is 0 Å². The molecule has 1 aliphatic heterocycles. The lowest BCUT2D eigenvalue weighted by molar-refractivity contribution is -0.115. The zero-order valence-electron chi connectivity index (χ0n) is 14.5. The van der Waals surface area contributed by atoms with Gasteiger partial charge in [0.1, 0.15) is 18.1 Å². The minimum absolute atomic E-state index is 0.0836. The summed E-state index contributed by atoms with van der Waals surface area (Å²) in [4.78, 5) is 15.0. The smallest absolute Gasteiger partial charge is 0.258 e. The van der Waals surface area contributed by atoms with E-state index in [4.69, 9.17) is 9.15 Å². The number of anilines is 1. The number of hydrogen-bond donors (Lipinski definition) is 0. The van der Waals surface area contributed by atoms with Crippen LogP contribution in [0.5, 0.6) is 5.75 Å². The number of benzene rings is 2. The summed E-state index contributed by atoms with van der Waals surface area (Å²) in [5.74, 6) is 1.45. The van der Waals surface area contributed by atoms with E-state index < -0.39 is 0 Å². The topological polar surface area (TPSA) is 42.7 Å². The first-order valence-electron chi connectivity index (χ1n) is 8.54. The van der Waals surface area contributed by atoms with E-state index in [1.807, 2.05) is 73.7 Å². The predicted octanol–water partition coefficient (Wildman–Crippen LogP) is 4.60. The summed E-state index contributed by atoms with van der Waals surface area (Å²) in [5, 5.41) is 0. The zero-order valence-corrected chi connectivity index (χ0v) is 14.5. The average Bonchev–Trinajstić information content (AvgIpc) is 3.19. The van der Waals surface area contributed by atoms with Gasteiger partial charge in [-0.15, -0.1) is 0 Å². The van der Waals surface area contributed by atoms with Crippen molar-refractivity contribution in [2.24, 2.45) is 0 Å². The normalized spacial score (nSPS) is 12.7. The highest BCUT2D eigenvalue weighted by atomic mass is 16.5. The highest BCUT2D eigenvalue weighted by Gasteiger charge is 2.24. The van der Waals surface area contributed by atoms with Gasteiger partial charge in [0.05, 0.1) is 18.4 Å². The fraction of sp³-hybridized carbons (Fsp3) is 0.136. The second kappa shape index (κ2) is 6.92. The third-order valence-corrected chi connectivity index (χ3v) is 4.39. The van der Waals surface area contributed by atoms with E-state index in [0.29, 0.717) is 12.1 Å². The van der Waals surface area contributed by atoms with Crippen LogP contribution in [0.25, 0.3) is 6.08 Å². The Morgan fingerprint density at radius 1 is 1.04 bits per heavy atom. The van der Waals surface area contributed by atoms with Crippen molar-refractivity contribution >= 4 is 17.7 Å². The van der Waals surface area contributed by atoms with E-state index in [1.54, 1.807) is 11.2 Å². The van der Waals surface area contributed by atoms with Crippen molar-refractivity contribution in [1.29, 1.82) is 0 Å². The molecule has 0 unspecified atom stereocenters. The molecule has 0 saturated heterocycles. The number of para-hydroxylation sites is 1. The first-order valence-corrected chi connectivity index (χ1v) is 8.54. The SMILES string of the molecule is Cc1ccc(N(Cc2ccco2)C(=O)C2=Cc3ccccc3OC2)cc1. The van der Waals surface area contributed by atoms with Crippen LogP contribution in [0, 0.1) is 6.92 Å². The van der Waals surface area contributed by atoms with Crippen LogP contribution in [0.1, 0.15) is 16.9 Å². The number of rotatable bonds is 4. The summed E-state index contributed by atoms with van der Waals surface area (Å²) in [6.45, 7) is 2.65. The van der Waals surface area contributed by atoms with Crippen molar-refractivity contribution in [1.82, 2.24) is 0 Å². The molecule has 4 nitrogen and oxygen atoms in total. The molecule has 0 atom stereocenters. The fourth-order valence-corrected chi connectivity index (χ4v) is 2.98. The van der Waals surface area contributed by atoms with Gasteiger partial charge in [-0.05, 0) is 43.3 Å². The van der Waals surface area contributed by atoms with Gasteiger partial charge < -0.3 is 14.1 Å². The zero-order chi connectivity index (χ0) is 17.9. The van der Waals surface area contributed by atoms with Crippen LogP contribution in [-0.2, 0) is 11.3 Å². The molecular formula is C22H19NO3. The van der Waals surface area contributed by atoms with Gasteiger partial charge >= 0.3 is 0 Å². The van der Waals surface area contributed by atoms with E-state index in [1.165, 1.54) is 0 Å². The molecule has 1 aromatic heterocycles. The lowest BCUT2D eigenvalue weighted by atomic mass is 10.1. The summed E-state index contributed by atoms with van der Waals surface area (Å²) in [6.07, 6.45) is 3.52. The number of furan rings is 1. The molecule has 0 radical (unpaired) electrons. The van der Waals surface area contributed by atoms with E-state index in [9.17, 15) is 4.79 Å². The number of nitrogens with zero attached hydrogens (tertiary/aromatic N) is 1. The molecular weight excluding hydrogens is 326 g/mol. The minimum atomic E-state index is -0.0836. The van der Waals surface area contributed by atoms with Gasteiger partial charge in [-0.3, -0.25) is 4.79 Å². The summed E-state index contributed by atoms with van der Waals surface area (Å²) in [7, 11) is 0. The number of aryl methyl sites for hydroxylation is 1. The monoisotopic (exact) mass is 345 g/mol. The van der Waals surface area contributed by atoms with Gasteiger partial charge in [0.15, 0.2) is 0 Å². The Bertz CT molecular complexity index is 940. The third kappa shape index (κ3) is 3.26. The Balaban J connectivity index is 1.68. The molecule has 4 heteroatoms. The summed E-state index contributed by atoms with van der Waals surface area (Å²) in [5.41, 5.74) is 3.52. The van der Waals surface area contributed by atoms with Gasteiger partial charge in [-0.1, -0.05) is 35.9 Å². The van der Waals surface area contributed by atoms with E-state index in [0.717, 1.165) is 28.3 Å². The highest BCUT2D eigenvalue weighted by Crippen LogP contribution is 2.28. The summed E-state index contributed by atoms with van der Waals surface area (Å²) < 4.78 is 11.2. The lowest BCUT2D eigenvalue weighted by Gasteiger charge is -2.25. The van der Waals surface area contributed by atoms with Crippen molar-refractivity contribution in [3.63, 3.8) is 0 Å². The predicted molar refractivity (Wildman–Crippen MR) is 101 cm³/mol. The molecule has 0 N–H and O–H groups in total. The van der Waals surface area contributed by atoms with Crippen LogP contribution in [0.15, 0.2) is 76.9 Å². The number of amides is 1. The molecule has 1 aliphatic rings. The Morgan fingerprint density at radius 2 is 1.85 bits per heavy atom. The second-order valence-electron chi connectivity index (χ2n) is 6.30. The maximum Gasteiger partial charge on any atom is 0.258 e. The number of ether oxygens (including phenoxy) is 1. The largest absolute Gasteiger partial charge is 0.488 e. The molecule has 2 aromatic carbocycles. The fourth-order valence-electron chi connectivity index (χ4n) is 2.98. The molecule has 0 bridgehead atoms. The number of carbonyl (C=O) groups excluding carboxylic acids is 1. The van der Waals surface area contributed by atoms with Crippen LogP contribution in [0.4, 0.5) is 5.69 Å². The van der Waals surface area contributed by atoms with Gasteiger partial charge in [0.2, 0.25) is 0 Å². The molecule has 0 saturated carbocycles. The molecule has 0 spiro atoms. The number of fused-ring (bicyclic) bond motifs is 1. The van der Waals surface area contributed by atoms with Crippen LogP contribution in [0.2, 0.25) is 0 Å². The standard InChI is InChI=1S/C22H19NO3/c1-16-8-10-19(11-9-16)23(14-20-6-4-12-25-20)22(24)18-13-17-5-2-3-7-21(17)26-15-18/h2-13H,14-15H2,1H3. The summed E-state index contributed by atoms with van der Waals surface area (Å²) >= 11 is 0. The van der Waals surface area contributed by atoms with Crippen LogP contribution in [-0.4, -0.2) is 12.5 Å². The van der Waals surface area contributed by atoms with Gasteiger partial charge in [-0.2, -0.15) is 0 Å². The van der Waals surface area contributed by atoms with Crippen LogP contribution < -0.4 is 9.64 Å². The first kappa shape index (κ1) is 16.2. The first-order chi connectivity index (χ1) is 12.7. The van der Waals surface area contributed by atoms with Crippen molar-refractivity contribution in [3.8, 4) is 5.75 Å². The van der Waals surface area contributed by atoms with E-state index in [-0.39, 0.29) is 12.5 Å². The quantitative estimate of drug-likeness (QED) is 0.694. The molecule has 2 heterocycles. The Hall–Kier alpha value is -3.27. The molecule has 26 heavy (non-hydrogen) atoms. The second-order valence-corrected chi connectivity index (χ2v) is 6.30. The molecule has 0 aliphatic carbocycles. The molecule has 4 rings (SSSR count). The highest BCUT2D eigenvalue weighted by molar-refractivity contribution is 6.09. The number of hydrogen-bond acceptors (Lipinski definition) is 3. The van der Waals surface area contributed by atoms with Crippen LogP contribution >= 0.6 is 0 Å². The maximum atomic E-state index is 13.3. The summed E-state index contributed by atoms with van der Waals surface area (Å²) in [6, 6.07) is 19.3. The van der Waals surface area contributed by atoms with Gasteiger partial charge in [0.25, 0.3) is 5.91 Å². The Kier molecular flexibility index (Phi) is 4.32. The van der Waals surface area contributed by atoms with E-state index >= 15 is 0 Å². The molecule has 130 valence electrons. The van der Waals surface area contributed by atoms with Crippen LogP contribution in [0.3, 0.4) is 0 Å². The minimum Gasteiger partial charge on any atom is -0.488 e. The molecule has 1 amide bonds. The number of carbonyl (C=O) groups is 1. The van der Waals surface area contributed by atoms with Crippen molar-refractivity contribution in [2.45, 2.75) is 13.5 Å². The Labute approximate surface area is 152 Å². The van der Waals surface area contributed by atoms with Crippen molar-refractivity contribution in [3.05, 3.63) is 89.4 Å². The van der Waals surface area contributed by atoms with Gasteiger partial charge in [0, 0.05) is 11.3 Å². The van der Waals surface area contributed by atoms with Crippen molar-refractivity contribution in [2.75, 3.05) is 11.5 Å².